The van der Waals surface area contributed by atoms with E-state index in [1.54, 1.807) is 6.08 Å². The van der Waals surface area contributed by atoms with Gasteiger partial charge in [0.05, 0.1) is 19.3 Å². The number of rotatable bonds is 8. The van der Waals surface area contributed by atoms with Gasteiger partial charge >= 0.3 is 0 Å². The van der Waals surface area contributed by atoms with E-state index in [1.165, 1.54) is 0 Å². The average molecular weight is 304 g/mol. The molecule has 1 aliphatic heterocycles. The van der Waals surface area contributed by atoms with E-state index in [9.17, 15) is 4.79 Å². The number of Topliss-reactive ketones (excluding diaryl/α,β-unsaturated/α-hetero) is 1. The summed E-state index contributed by atoms with van der Waals surface area (Å²) < 4.78 is 17.4. The molecule has 0 bridgehead atoms. The SMILES string of the molecule is C=CCC(=O)C[C@@H]1OC(C)(C)O[C@H]1COCc1ccccc1. The predicted molar refractivity (Wildman–Crippen MR) is 84.4 cm³/mol. The largest absolute Gasteiger partial charge is 0.374 e. The van der Waals surface area contributed by atoms with E-state index in [0.717, 1.165) is 5.56 Å². The van der Waals surface area contributed by atoms with E-state index in [4.69, 9.17) is 14.2 Å². The maximum atomic E-state index is 11.8. The lowest BCUT2D eigenvalue weighted by molar-refractivity contribution is -0.152. The minimum atomic E-state index is -0.681. The van der Waals surface area contributed by atoms with Crippen LogP contribution >= 0.6 is 0 Å². The number of allylic oxidation sites excluding steroid dienone is 1. The second-order valence-electron chi connectivity index (χ2n) is 5.95. The second-order valence-corrected chi connectivity index (χ2v) is 5.95. The van der Waals surface area contributed by atoms with Gasteiger partial charge in [-0.15, -0.1) is 6.58 Å². The van der Waals surface area contributed by atoms with Crippen LogP contribution in [0, 0.1) is 0 Å². The topological polar surface area (TPSA) is 44.8 Å². The fourth-order valence-corrected chi connectivity index (χ4v) is 2.56. The van der Waals surface area contributed by atoms with Gasteiger partial charge in [0.25, 0.3) is 0 Å². The van der Waals surface area contributed by atoms with Crippen molar-refractivity contribution in [2.45, 2.75) is 51.3 Å². The number of hydrogen-bond donors (Lipinski definition) is 0. The number of hydrogen-bond acceptors (Lipinski definition) is 4. The quantitative estimate of drug-likeness (QED) is 0.692. The van der Waals surface area contributed by atoms with Crippen LogP contribution in [0.1, 0.15) is 32.3 Å². The third-order valence-corrected chi connectivity index (χ3v) is 3.48. The van der Waals surface area contributed by atoms with Crippen LogP contribution in [0.5, 0.6) is 0 Å². The molecule has 1 fully saturated rings. The van der Waals surface area contributed by atoms with Crippen LogP contribution in [-0.2, 0) is 25.6 Å². The molecule has 0 radical (unpaired) electrons. The van der Waals surface area contributed by atoms with E-state index in [-0.39, 0.29) is 18.0 Å². The van der Waals surface area contributed by atoms with Gasteiger partial charge in [0.15, 0.2) is 5.79 Å². The van der Waals surface area contributed by atoms with E-state index < -0.39 is 5.79 Å². The Labute approximate surface area is 132 Å². The number of ketones is 1. The Morgan fingerprint density at radius 3 is 2.64 bits per heavy atom. The number of benzene rings is 1. The van der Waals surface area contributed by atoms with E-state index >= 15 is 0 Å². The zero-order chi connectivity index (χ0) is 16.0. The standard InChI is InChI=1S/C18H24O4/c1-4-8-15(19)11-16-17(22-18(2,3)21-16)13-20-12-14-9-6-5-7-10-14/h4-7,9-10,16-17H,1,8,11-13H2,2-3H3/t16-,17-/m0/s1. The van der Waals surface area contributed by atoms with Crippen LogP contribution in [0.4, 0.5) is 0 Å². The molecule has 1 heterocycles. The fraction of sp³-hybridized carbons (Fsp3) is 0.500. The highest BCUT2D eigenvalue weighted by molar-refractivity contribution is 5.80. The normalized spacial score (nSPS) is 23.4. The van der Waals surface area contributed by atoms with Crippen molar-refractivity contribution < 1.29 is 19.0 Å². The molecule has 1 aromatic carbocycles. The summed E-state index contributed by atoms with van der Waals surface area (Å²) in [6.07, 6.45) is 1.81. The van der Waals surface area contributed by atoms with Gasteiger partial charge in [-0.05, 0) is 19.4 Å². The van der Waals surface area contributed by atoms with Crippen molar-refractivity contribution in [1.29, 1.82) is 0 Å². The number of carbonyl (C=O) groups is 1. The minimum Gasteiger partial charge on any atom is -0.374 e. The molecule has 0 aliphatic carbocycles. The number of ether oxygens (including phenoxy) is 3. The Hall–Kier alpha value is -1.49. The Morgan fingerprint density at radius 2 is 1.95 bits per heavy atom. The van der Waals surface area contributed by atoms with Crippen LogP contribution in [0.2, 0.25) is 0 Å². The Balaban J connectivity index is 1.86. The summed E-state index contributed by atoms with van der Waals surface area (Å²) >= 11 is 0. The summed E-state index contributed by atoms with van der Waals surface area (Å²) in [4.78, 5) is 11.8. The first-order valence-electron chi connectivity index (χ1n) is 7.60. The van der Waals surface area contributed by atoms with Crippen molar-refractivity contribution in [2.75, 3.05) is 6.61 Å². The zero-order valence-electron chi connectivity index (χ0n) is 13.3. The highest BCUT2D eigenvalue weighted by Crippen LogP contribution is 2.30. The molecule has 0 unspecified atom stereocenters. The molecule has 0 amide bonds. The zero-order valence-corrected chi connectivity index (χ0v) is 13.3. The van der Waals surface area contributed by atoms with Gasteiger partial charge in [-0.1, -0.05) is 36.4 Å². The molecule has 120 valence electrons. The van der Waals surface area contributed by atoms with E-state index in [2.05, 4.69) is 6.58 Å². The lowest BCUT2D eigenvalue weighted by atomic mass is 10.1. The van der Waals surface area contributed by atoms with Gasteiger partial charge in [-0.2, -0.15) is 0 Å². The number of carbonyl (C=O) groups excluding carboxylic acids is 1. The van der Waals surface area contributed by atoms with Crippen LogP contribution in [0.3, 0.4) is 0 Å². The first kappa shape index (κ1) is 16.9. The molecule has 0 aromatic heterocycles. The van der Waals surface area contributed by atoms with Crippen molar-refractivity contribution in [1.82, 2.24) is 0 Å². The van der Waals surface area contributed by atoms with Crippen LogP contribution < -0.4 is 0 Å². The molecule has 22 heavy (non-hydrogen) atoms. The Bertz CT molecular complexity index is 495. The summed E-state index contributed by atoms with van der Waals surface area (Å²) in [6, 6.07) is 9.96. The third kappa shape index (κ3) is 5.05. The van der Waals surface area contributed by atoms with Gasteiger partial charge in [0.1, 0.15) is 11.9 Å². The van der Waals surface area contributed by atoms with Gasteiger partial charge in [0.2, 0.25) is 0 Å². The van der Waals surface area contributed by atoms with Crippen molar-refractivity contribution in [2.24, 2.45) is 0 Å². The summed E-state index contributed by atoms with van der Waals surface area (Å²) in [7, 11) is 0. The highest BCUT2D eigenvalue weighted by Gasteiger charge is 2.41. The molecule has 1 saturated heterocycles. The van der Waals surface area contributed by atoms with Crippen molar-refractivity contribution in [3.05, 3.63) is 48.6 Å². The Kier molecular flexibility index (Phi) is 5.89. The maximum absolute atomic E-state index is 11.8. The predicted octanol–water partition coefficient (Wildman–Crippen LogP) is 3.26. The first-order chi connectivity index (χ1) is 10.5. The average Bonchev–Trinajstić information content (AvgIpc) is 2.74. The fourth-order valence-electron chi connectivity index (χ4n) is 2.56. The summed E-state index contributed by atoms with van der Waals surface area (Å²) in [6.45, 7) is 8.23. The molecular weight excluding hydrogens is 280 g/mol. The molecular formula is C18H24O4. The van der Waals surface area contributed by atoms with Gasteiger partial charge in [0, 0.05) is 12.8 Å². The molecule has 1 aromatic rings. The van der Waals surface area contributed by atoms with Gasteiger partial charge in [-0.25, -0.2) is 0 Å². The maximum Gasteiger partial charge on any atom is 0.163 e. The molecule has 1 aliphatic rings. The summed E-state index contributed by atoms with van der Waals surface area (Å²) in [5.74, 6) is -0.575. The minimum absolute atomic E-state index is 0.106. The molecule has 0 N–H and O–H groups in total. The van der Waals surface area contributed by atoms with Crippen LogP contribution in [0.15, 0.2) is 43.0 Å². The Morgan fingerprint density at radius 1 is 1.27 bits per heavy atom. The molecule has 4 heteroatoms. The van der Waals surface area contributed by atoms with E-state index in [0.29, 0.717) is 26.1 Å². The second kappa shape index (κ2) is 7.68. The molecule has 2 rings (SSSR count). The summed E-state index contributed by atoms with van der Waals surface area (Å²) in [5, 5.41) is 0. The third-order valence-electron chi connectivity index (χ3n) is 3.48. The van der Waals surface area contributed by atoms with Gasteiger partial charge < -0.3 is 14.2 Å². The lowest BCUT2D eigenvalue weighted by Crippen LogP contribution is -2.29. The van der Waals surface area contributed by atoms with Crippen molar-refractivity contribution in [3.8, 4) is 0 Å². The van der Waals surface area contributed by atoms with Crippen molar-refractivity contribution >= 4 is 5.78 Å². The van der Waals surface area contributed by atoms with Crippen molar-refractivity contribution in [3.63, 3.8) is 0 Å². The van der Waals surface area contributed by atoms with Crippen LogP contribution in [0.25, 0.3) is 0 Å². The molecule has 4 nitrogen and oxygen atoms in total. The summed E-state index contributed by atoms with van der Waals surface area (Å²) in [5.41, 5.74) is 1.11. The highest BCUT2D eigenvalue weighted by atomic mass is 16.8. The van der Waals surface area contributed by atoms with Crippen LogP contribution in [-0.4, -0.2) is 30.4 Å². The lowest BCUT2D eigenvalue weighted by Gasteiger charge is -2.16. The monoisotopic (exact) mass is 304 g/mol. The molecule has 0 saturated carbocycles. The molecule has 2 atom stereocenters. The van der Waals surface area contributed by atoms with E-state index in [1.807, 2.05) is 44.2 Å². The molecule has 0 spiro atoms. The van der Waals surface area contributed by atoms with Gasteiger partial charge in [-0.3, -0.25) is 4.79 Å². The smallest absolute Gasteiger partial charge is 0.163 e. The first-order valence-corrected chi connectivity index (χ1v) is 7.60.